The van der Waals surface area contributed by atoms with Gasteiger partial charge in [-0.25, -0.2) is 0 Å². The third-order valence-corrected chi connectivity index (χ3v) is 7.86. The standard InChI is InChI=1S/C24H48N6O10/c25-6-2-1-3-14(32)22(36)30-13-7-12(28)20(39-23-11(27)5-4-10(8-26)37-23)19(35)21(13)40-24-18(34)16(29)17(33)15(9-31)38-24/h10-21,23-24,31-35H,1-9,25-29H2,(H,30,36)/t10-,11+,12-,13+,14-,15+,16-,17+,18+,19-,20+,21-,23+,24+/m0/s1. The molecule has 2 saturated heterocycles. The maximum Gasteiger partial charge on any atom is 0.249 e. The van der Waals surface area contributed by atoms with E-state index in [0.29, 0.717) is 32.2 Å². The molecule has 0 radical (unpaired) electrons. The number of nitrogens with one attached hydrogen (secondary N) is 1. The Labute approximate surface area is 233 Å². The van der Waals surface area contributed by atoms with Gasteiger partial charge in [-0.15, -0.1) is 0 Å². The van der Waals surface area contributed by atoms with Gasteiger partial charge in [0.1, 0.15) is 42.7 Å². The minimum atomic E-state index is -1.54. The van der Waals surface area contributed by atoms with E-state index in [2.05, 4.69) is 5.32 Å². The van der Waals surface area contributed by atoms with Crippen LogP contribution in [0.1, 0.15) is 38.5 Å². The van der Waals surface area contributed by atoms with E-state index in [1.54, 1.807) is 0 Å². The number of hydrogen-bond acceptors (Lipinski definition) is 15. The van der Waals surface area contributed by atoms with Gasteiger partial charge in [0.15, 0.2) is 12.6 Å². The van der Waals surface area contributed by atoms with Gasteiger partial charge in [0.25, 0.3) is 0 Å². The van der Waals surface area contributed by atoms with Crippen LogP contribution in [0.4, 0.5) is 0 Å². The lowest BCUT2D eigenvalue weighted by Gasteiger charge is -2.48. The smallest absolute Gasteiger partial charge is 0.249 e. The Morgan fingerprint density at radius 1 is 0.925 bits per heavy atom. The van der Waals surface area contributed by atoms with E-state index in [1.807, 2.05) is 0 Å². The minimum absolute atomic E-state index is 0.0385. The quantitative estimate of drug-likeness (QED) is 0.0959. The zero-order valence-corrected chi connectivity index (χ0v) is 22.6. The van der Waals surface area contributed by atoms with Crippen LogP contribution in [0.5, 0.6) is 0 Å². The van der Waals surface area contributed by atoms with Gasteiger partial charge in [0.05, 0.1) is 30.8 Å². The molecule has 16 nitrogen and oxygen atoms in total. The van der Waals surface area contributed by atoms with Crippen molar-refractivity contribution in [2.75, 3.05) is 19.7 Å². The molecule has 0 spiro atoms. The number of carbonyl (C=O) groups excluding carboxylic acids is 1. The summed E-state index contributed by atoms with van der Waals surface area (Å²) in [4.78, 5) is 12.8. The van der Waals surface area contributed by atoms with Crippen LogP contribution in [0.25, 0.3) is 0 Å². The summed E-state index contributed by atoms with van der Waals surface area (Å²) in [6, 6.07) is -3.51. The highest BCUT2D eigenvalue weighted by atomic mass is 16.7. The van der Waals surface area contributed by atoms with Crippen molar-refractivity contribution < 1.29 is 49.3 Å². The van der Waals surface area contributed by atoms with Gasteiger partial charge in [0.2, 0.25) is 5.91 Å². The molecule has 2 aliphatic heterocycles. The predicted octanol–water partition coefficient (Wildman–Crippen LogP) is -5.62. The molecule has 14 atom stereocenters. The molecule has 3 fully saturated rings. The average molecular weight is 581 g/mol. The normalized spacial score (nSPS) is 43.3. The van der Waals surface area contributed by atoms with E-state index >= 15 is 0 Å². The number of aliphatic hydroxyl groups excluding tert-OH is 5. The summed E-state index contributed by atoms with van der Waals surface area (Å²) >= 11 is 0. The number of nitrogens with two attached hydrogens (primary N) is 5. The molecule has 16 heteroatoms. The Morgan fingerprint density at radius 3 is 2.27 bits per heavy atom. The van der Waals surface area contributed by atoms with E-state index in [1.165, 1.54) is 0 Å². The number of ether oxygens (including phenoxy) is 4. The SMILES string of the molecule is NCCCC[C@H](O)C(=O)N[C@@H]1C[C@H](N)[C@@H](O[C@H]2O[C@H](CN)CC[C@H]2N)[C@H](O)[C@H]1O[C@H]1O[C@H](CO)[C@@H](O)[C@H](N)[C@H]1O. The molecule has 3 aliphatic rings. The summed E-state index contributed by atoms with van der Waals surface area (Å²) in [7, 11) is 0. The highest BCUT2D eigenvalue weighted by molar-refractivity contribution is 5.80. The van der Waals surface area contributed by atoms with E-state index in [-0.39, 0.29) is 25.5 Å². The summed E-state index contributed by atoms with van der Waals surface area (Å²) in [6.07, 6.45) is -9.35. The molecule has 234 valence electrons. The molecule has 2 heterocycles. The zero-order valence-electron chi connectivity index (χ0n) is 22.6. The zero-order chi connectivity index (χ0) is 29.6. The summed E-state index contributed by atoms with van der Waals surface area (Å²) in [5, 5.41) is 54.9. The van der Waals surface area contributed by atoms with Gasteiger partial charge >= 0.3 is 0 Å². The van der Waals surface area contributed by atoms with Gasteiger partial charge in [-0.2, -0.15) is 0 Å². The molecule has 1 saturated carbocycles. The predicted molar refractivity (Wildman–Crippen MR) is 140 cm³/mol. The van der Waals surface area contributed by atoms with E-state index < -0.39 is 92.0 Å². The number of aliphatic hydroxyl groups is 5. The number of rotatable bonds is 12. The van der Waals surface area contributed by atoms with Crippen LogP contribution in [0.15, 0.2) is 0 Å². The van der Waals surface area contributed by atoms with Crippen molar-refractivity contribution in [1.29, 1.82) is 0 Å². The Morgan fingerprint density at radius 2 is 1.62 bits per heavy atom. The van der Waals surface area contributed by atoms with E-state index in [0.717, 1.165) is 0 Å². The molecule has 40 heavy (non-hydrogen) atoms. The lowest BCUT2D eigenvalue weighted by atomic mass is 9.83. The van der Waals surface area contributed by atoms with Gasteiger partial charge in [-0.05, 0) is 45.1 Å². The fraction of sp³-hybridized carbons (Fsp3) is 0.958. The van der Waals surface area contributed by atoms with Crippen LogP contribution in [0, 0.1) is 0 Å². The maximum atomic E-state index is 12.8. The van der Waals surface area contributed by atoms with Gasteiger partial charge < -0.3 is 78.5 Å². The largest absolute Gasteiger partial charge is 0.394 e. The van der Waals surface area contributed by atoms with Crippen LogP contribution in [0.2, 0.25) is 0 Å². The van der Waals surface area contributed by atoms with Crippen molar-refractivity contribution in [2.24, 2.45) is 28.7 Å². The van der Waals surface area contributed by atoms with Gasteiger partial charge in [-0.1, -0.05) is 0 Å². The molecule has 0 aromatic carbocycles. The first kappa shape index (κ1) is 33.4. The molecule has 0 aromatic heterocycles. The average Bonchev–Trinajstić information content (AvgIpc) is 2.93. The van der Waals surface area contributed by atoms with Crippen LogP contribution >= 0.6 is 0 Å². The topological polar surface area (TPSA) is 297 Å². The fourth-order valence-corrected chi connectivity index (χ4v) is 5.35. The Bertz CT molecular complexity index is 786. The molecule has 0 bridgehead atoms. The third kappa shape index (κ3) is 8.05. The summed E-state index contributed by atoms with van der Waals surface area (Å²) in [5.74, 6) is -0.705. The van der Waals surface area contributed by atoms with Gasteiger partial charge in [0, 0.05) is 12.6 Å². The molecule has 0 aromatic rings. The van der Waals surface area contributed by atoms with Crippen molar-refractivity contribution in [3.05, 3.63) is 0 Å². The van der Waals surface area contributed by atoms with E-state index in [4.69, 9.17) is 47.6 Å². The van der Waals surface area contributed by atoms with Crippen LogP contribution in [-0.2, 0) is 23.7 Å². The van der Waals surface area contributed by atoms with Crippen LogP contribution in [0.3, 0.4) is 0 Å². The molecule has 1 aliphatic carbocycles. The number of amides is 1. The first-order valence-electron chi connectivity index (χ1n) is 13.9. The summed E-state index contributed by atoms with van der Waals surface area (Å²) in [6.45, 7) is 0.0685. The molecular formula is C24H48N6O10. The third-order valence-electron chi connectivity index (χ3n) is 7.86. The second kappa shape index (κ2) is 15.4. The number of hydrogen-bond donors (Lipinski definition) is 11. The Balaban J connectivity index is 1.80. The lowest BCUT2D eigenvalue weighted by Crippen LogP contribution is -2.69. The monoisotopic (exact) mass is 580 g/mol. The Kier molecular flexibility index (Phi) is 12.9. The molecular weight excluding hydrogens is 532 g/mol. The van der Waals surface area contributed by atoms with Crippen LogP contribution in [-0.4, -0.2) is 137 Å². The molecule has 1 amide bonds. The van der Waals surface area contributed by atoms with Crippen molar-refractivity contribution in [2.45, 2.75) is 124 Å². The highest BCUT2D eigenvalue weighted by Crippen LogP contribution is 2.31. The second-order valence-electron chi connectivity index (χ2n) is 10.9. The maximum absolute atomic E-state index is 12.8. The highest BCUT2D eigenvalue weighted by Gasteiger charge is 2.51. The first-order chi connectivity index (χ1) is 19.0. The molecule has 16 N–H and O–H groups in total. The Hall–Kier alpha value is -1.09. The second-order valence-corrected chi connectivity index (χ2v) is 10.9. The first-order valence-corrected chi connectivity index (χ1v) is 13.9. The number of unbranched alkanes of at least 4 members (excludes halogenated alkanes) is 1. The summed E-state index contributed by atoms with van der Waals surface area (Å²) < 4.78 is 23.4. The minimum Gasteiger partial charge on any atom is -0.394 e. The van der Waals surface area contributed by atoms with Crippen molar-refractivity contribution >= 4 is 5.91 Å². The number of carbonyl (C=O) groups is 1. The molecule has 3 rings (SSSR count). The van der Waals surface area contributed by atoms with Gasteiger partial charge in [-0.3, -0.25) is 4.79 Å². The van der Waals surface area contributed by atoms with Crippen molar-refractivity contribution in [3.8, 4) is 0 Å². The van der Waals surface area contributed by atoms with Crippen molar-refractivity contribution in [1.82, 2.24) is 5.32 Å². The fourth-order valence-electron chi connectivity index (χ4n) is 5.35. The summed E-state index contributed by atoms with van der Waals surface area (Å²) in [5.41, 5.74) is 29.7. The lowest BCUT2D eigenvalue weighted by molar-refractivity contribution is -0.314. The molecule has 0 unspecified atom stereocenters. The van der Waals surface area contributed by atoms with E-state index in [9.17, 15) is 30.3 Å². The van der Waals surface area contributed by atoms with Crippen LogP contribution < -0.4 is 34.0 Å². The van der Waals surface area contributed by atoms with Crippen molar-refractivity contribution in [3.63, 3.8) is 0 Å².